The van der Waals surface area contributed by atoms with Gasteiger partial charge in [-0.25, -0.2) is 4.79 Å². The fourth-order valence-electron chi connectivity index (χ4n) is 4.01. The maximum absolute atomic E-state index is 12.6. The van der Waals surface area contributed by atoms with Crippen molar-refractivity contribution in [3.63, 3.8) is 0 Å². The fourth-order valence-corrected chi connectivity index (χ4v) is 4.01. The molecule has 0 aromatic heterocycles. The van der Waals surface area contributed by atoms with Gasteiger partial charge in [-0.15, -0.1) is 0 Å². The molecule has 1 aromatic carbocycles. The topological polar surface area (TPSA) is 32.8 Å². The van der Waals surface area contributed by atoms with Crippen LogP contribution in [0.5, 0.6) is 0 Å². The first-order chi connectivity index (χ1) is 11.4. The molecule has 2 aliphatic rings. The highest BCUT2D eigenvalue weighted by Gasteiger charge is 2.42. The van der Waals surface area contributed by atoms with Crippen LogP contribution in [0.1, 0.15) is 52.0 Å². The zero-order valence-electron chi connectivity index (χ0n) is 15.2. The van der Waals surface area contributed by atoms with Gasteiger partial charge >= 0.3 is 6.09 Å². The molecule has 24 heavy (non-hydrogen) atoms. The van der Waals surface area contributed by atoms with E-state index in [1.165, 1.54) is 18.4 Å². The van der Waals surface area contributed by atoms with Crippen LogP contribution < -0.4 is 0 Å². The second-order valence-corrected chi connectivity index (χ2v) is 8.05. The maximum Gasteiger partial charge on any atom is 0.410 e. The third-order valence-corrected chi connectivity index (χ3v) is 5.03. The molecule has 0 saturated carbocycles. The number of amides is 1. The van der Waals surface area contributed by atoms with Crippen molar-refractivity contribution in [2.75, 3.05) is 13.1 Å². The molecule has 2 atom stereocenters. The lowest BCUT2D eigenvalue weighted by Gasteiger charge is -2.34. The van der Waals surface area contributed by atoms with Gasteiger partial charge < -0.3 is 9.64 Å². The number of carbonyl (C=O) groups is 1. The van der Waals surface area contributed by atoms with Crippen molar-refractivity contribution in [3.8, 4) is 0 Å². The van der Waals surface area contributed by atoms with Crippen molar-refractivity contribution in [2.45, 2.75) is 70.7 Å². The number of carbonyl (C=O) groups excluding carboxylic acids is 1. The number of hydrogen-bond donors (Lipinski definition) is 0. The molecule has 2 aliphatic heterocycles. The summed E-state index contributed by atoms with van der Waals surface area (Å²) in [5.41, 5.74) is 0.928. The van der Waals surface area contributed by atoms with Crippen molar-refractivity contribution in [1.29, 1.82) is 0 Å². The largest absolute Gasteiger partial charge is 0.444 e. The summed E-state index contributed by atoms with van der Waals surface area (Å²) in [7, 11) is 0. The van der Waals surface area contributed by atoms with Crippen molar-refractivity contribution in [1.82, 2.24) is 9.80 Å². The zero-order chi connectivity index (χ0) is 17.2. The summed E-state index contributed by atoms with van der Waals surface area (Å²) in [4.78, 5) is 17.1. The van der Waals surface area contributed by atoms with Crippen molar-refractivity contribution in [3.05, 3.63) is 35.9 Å². The Labute approximate surface area is 145 Å². The Morgan fingerprint density at radius 3 is 2.54 bits per heavy atom. The van der Waals surface area contributed by atoms with Gasteiger partial charge in [0.2, 0.25) is 0 Å². The van der Waals surface area contributed by atoms with Crippen LogP contribution in [0.2, 0.25) is 0 Å². The van der Waals surface area contributed by atoms with Crippen molar-refractivity contribution >= 4 is 6.09 Å². The van der Waals surface area contributed by atoms with E-state index in [-0.39, 0.29) is 6.09 Å². The van der Waals surface area contributed by atoms with E-state index in [0.29, 0.717) is 12.1 Å². The van der Waals surface area contributed by atoms with E-state index in [2.05, 4.69) is 35.2 Å². The SMILES string of the molecule is CC(C)(C)OC(=O)N1CCC2C1CCCCN2Cc1ccccc1. The van der Waals surface area contributed by atoms with Gasteiger partial charge in [0.25, 0.3) is 0 Å². The Morgan fingerprint density at radius 2 is 1.83 bits per heavy atom. The smallest absolute Gasteiger partial charge is 0.410 e. The molecule has 1 amide bonds. The highest BCUT2D eigenvalue weighted by atomic mass is 16.6. The summed E-state index contributed by atoms with van der Waals surface area (Å²) < 4.78 is 5.63. The number of benzene rings is 1. The molecular formula is C20H30N2O2. The van der Waals surface area contributed by atoms with E-state index in [0.717, 1.165) is 32.5 Å². The Morgan fingerprint density at radius 1 is 1.08 bits per heavy atom. The van der Waals surface area contributed by atoms with Gasteiger partial charge in [0.15, 0.2) is 0 Å². The Bertz CT molecular complexity index is 553. The monoisotopic (exact) mass is 330 g/mol. The first-order valence-corrected chi connectivity index (χ1v) is 9.22. The van der Waals surface area contributed by atoms with E-state index >= 15 is 0 Å². The molecule has 0 bridgehead atoms. The maximum atomic E-state index is 12.6. The van der Waals surface area contributed by atoms with Gasteiger partial charge in [-0.05, 0) is 52.1 Å². The van der Waals surface area contributed by atoms with Crippen LogP contribution in [0.15, 0.2) is 30.3 Å². The first kappa shape index (κ1) is 17.3. The van der Waals surface area contributed by atoms with E-state index in [4.69, 9.17) is 4.74 Å². The number of nitrogens with zero attached hydrogens (tertiary/aromatic N) is 2. The normalized spacial score (nSPS) is 25.2. The Balaban J connectivity index is 1.71. The van der Waals surface area contributed by atoms with Gasteiger partial charge in [0.05, 0.1) is 6.04 Å². The molecule has 0 spiro atoms. The molecule has 4 heteroatoms. The van der Waals surface area contributed by atoms with Crippen LogP contribution >= 0.6 is 0 Å². The minimum atomic E-state index is -0.427. The number of rotatable bonds is 2. The standard InChI is InChI=1S/C20H30N2O2/c1-20(2,3)24-19(23)22-14-12-17-18(22)11-7-8-13-21(17)15-16-9-5-4-6-10-16/h4-6,9-10,17-18H,7-8,11-15H2,1-3H3. The van der Waals surface area contributed by atoms with Crippen LogP contribution in [0.3, 0.4) is 0 Å². The predicted molar refractivity (Wildman–Crippen MR) is 95.8 cm³/mol. The Kier molecular flexibility index (Phi) is 5.14. The minimum Gasteiger partial charge on any atom is -0.444 e. The number of likely N-dealkylation sites (tertiary alicyclic amines) is 2. The van der Waals surface area contributed by atoms with Gasteiger partial charge in [-0.3, -0.25) is 4.90 Å². The lowest BCUT2D eigenvalue weighted by molar-refractivity contribution is 0.0186. The molecule has 1 aromatic rings. The zero-order valence-corrected chi connectivity index (χ0v) is 15.2. The lowest BCUT2D eigenvalue weighted by atomic mass is 10.0. The second-order valence-electron chi connectivity index (χ2n) is 8.05. The fraction of sp³-hybridized carbons (Fsp3) is 0.650. The number of ether oxygens (including phenoxy) is 1. The number of hydrogen-bond acceptors (Lipinski definition) is 3. The van der Waals surface area contributed by atoms with E-state index < -0.39 is 5.60 Å². The molecule has 0 radical (unpaired) electrons. The van der Waals surface area contributed by atoms with Gasteiger partial charge in [-0.2, -0.15) is 0 Å². The summed E-state index contributed by atoms with van der Waals surface area (Å²) in [6.45, 7) is 8.73. The lowest BCUT2D eigenvalue weighted by Crippen LogP contribution is -2.46. The molecule has 2 heterocycles. The highest BCUT2D eigenvalue weighted by Crippen LogP contribution is 2.32. The van der Waals surface area contributed by atoms with Gasteiger partial charge in [0, 0.05) is 19.1 Å². The summed E-state index contributed by atoms with van der Waals surface area (Å²) in [6.07, 6.45) is 4.40. The minimum absolute atomic E-state index is 0.142. The Hall–Kier alpha value is -1.55. The third-order valence-electron chi connectivity index (χ3n) is 5.03. The predicted octanol–water partition coefficient (Wildman–Crippen LogP) is 4.05. The van der Waals surface area contributed by atoms with E-state index in [9.17, 15) is 4.79 Å². The molecule has 0 N–H and O–H groups in total. The van der Waals surface area contributed by atoms with Crippen molar-refractivity contribution in [2.24, 2.45) is 0 Å². The van der Waals surface area contributed by atoms with Gasteiger partial charge in [0.1, 0.15) is 5.60 Å². The average molecular weight is 330 g/mol. The quantitative estimate of drug-likeness (QED) is 0.820. The molecular weight excluding hydrogens is 300 g/mol. The number of fused-ring (bicyclic) bond motifs is 1. The molecule has 0 aliphatic carbocycles. The summed E-state index contributed by atoms with van der Waals surface area (Å²) in [6, 6.07) is 11.4. The second kappa shape index (κ2) is 7.14. The molecule has 2 saturated heterocycles. The van der Waals surface area contributed by atoms with E-state index in [1.54, 1.807) is 0 Å². The highest BCUT2D eigenvalue weighted by molar-refractivity contribution is 5.69. The average Bonchev–Trinajstić information content (AvgIpc) is 2.84. The van der Waals surface area contributed by atoms with E-state index in [1.807, 2.05) is 25.7 Å². The molecule has 2 fully saturated rings. The summed E-state index contributed by atoms with van der Waals surface area (Å²) >= 11 is 0. The van der Waals surface area contributed by atoms with Crippen LogP contribution in [-0.2, 0) is 11.3 Å². The van der Waals surface area contributed by atoms with Gasteiger partial charge in [-0.1, -0.05) is 36.8 Å². The molecule has 3 rings (SSSR count). The molecule has 4 nitrogen and oxygen atoms in total. The van der Waals surface area contributed by atoms with Crippen LogP contribution in [-0.4, -0.2) is 46.7 Å². The third kappa shape index (κ3) is 4.10. The van der Waals surface area contributed by atoms with Crippen LogP contribution in [0.4, 0.5) is 4.79 Å². The summed E-state index contributed by atoms with van der Waals surface area (Å²) in [5.74, 6) is 0. The molecule has 2 unspecified atom stereocenters. The van der Waals surface area contributed by atoms with Crippen molar-refractivity contribution < 1.29 is 9.53 Å². The summed E-state index contributed by atoms with van der Waals surface area (Å²) in [5, 5.41) is 0. The molecule has 132 valence electrons. The first-order valence-electron chi connectivity index (χ1n) is 9.22. The van der Waals surface area contributed by atoms with Crippen LogP contribution in [0, 0.1) is 0 Å². The van der Waals surface area contributed by atoms with Crippen LogP contribution in [0.25, 0.3) is 0 Å².